The molecule has 0 atom stereocenters. The van der Waals surface area contributed by atoms with Gasteiger partial charge in [0.2, 0.25) is 0 Å². The lowest BCUT2D eigenvalue weighted by Crippen LogP contribution is -2.35. The van der Waals surface area contributed by atoms with Crippen LogP contribution in [0.4, 0.5) is 0 Å². The van der Waals surface area contributed by atoms with Gasteiger partial charge in [-0.05, 0) is 18.1 Å². The van der Waals surface area contributed by atoms with Crippen molar-refractivity contribution in [3.05, 3.63) is 42.0 Å². The molecule has 0 saturated heterocycles. The molecule has 18 heavy (non-hydrogen) atoms. The summed E-state index contributed by atoms with van der Waals surface area (Å²) >= 11 is 0. The molecule has 0 unspecified atom stereocenters. The number of unbranched alkanes of at least 4 members (excludes halogenated alkanes) is 1. The minimum Gasteiger partial charge on any atom is -0.370 e. The average Bonchev–Trinajstić information content (AvgIpc) is 2.38. The number of guanidine groups is 1. The van der Waals surface area contributed by atoms with E-state index in [2.05, 4.69) is 17.2 Å². The van der Waals surface area contributed by atoms with Crippen molar-refractivity contribution in [2.75, 3.05) is 6.54 Å². The van der Waals surface area contributed by atoms with Gasteiger partial charge in [0.1, 0.15) is 0 Å². The number of nitrogens with two attached hydrogens (primary N) is 1. The van der Waals surface area contributed by atoms with Gasteiger partial charge in [-0.1, -0.05) is 43.7 Å². The summed E-state index contributed by atoms with van der Waals surface area (Å²) in [6.07, 6.45) is 5.20. The smallest absolute Gasteiger partial charge is 0.250 e. The molecule has 3 N–H and O–H groups in total. The van der Waals surface area contributed by atoms with E-state index in [0.717, 1.165) is 18.4 Å². The number of nitrogens with one attached hydrogen (secondary N) is 1. The molecule has 4 heteroatoms. The second-order valence-electron chi connectivity index (χ2n) is 3.85. The zero-order valence-corrected chi connectivity index (χ0v) is 10.6. The Balaban J connectivity index is 2.42. The van der Waals surface area contributed by atoms with Crippen LogP contribution in [0.3, 0.4) is 0 Å². The van der Waals surface area contributed by atoms with Gasteiger partial charge in [-0.2, -0.15) is 0 Å². The quantitative estimate of drug-likeness (QED) is 0.360. The fraction of sp³-hybridized carbons (Fsp3) is 0.286. The molecule has 4 nitrogen and oxygen atoms in total. The molecule has 0 bridgehead atoms. The van der Waals surface area contributed by atoms with E-state index in [4.69, 9.17) is 5.73 Å². The van der Waals surface area contributed by atoms with Gasteiger partial charge in [-0.15, -0.1) is 0 Å². The van der Waals surface area contributed by atoms with Gasteiger partial charge in [0.05, 0.1) is 0 Å². The predicted molar refractivity (Wildman–Crippen MR) is 75.0 cm³/mol. The summed E-state index contributed by atoms with van der Waals surface area (Å²) < 4.78 is 0. The van der Waals surface area contributed by atoms with Crippen molar-refractivity contribution in [2.45, 2.75) is 19.8 Å². The normalized spacial score (nSPS) is 11.7. The summed E-state index contributed by atoms with van der Waals surface area (Å²) in [6, 6.07) is 9.59. The molecule has 0 spiro atoms. The standard InChI is InChI=1S/C14H19N3O/c1-2-3-11-16-14(15)17-13(18)10-9-12-7-5-4-6-8-12/h4-10H,2-3,11H2,1H3,(H3,15,16,17,18)/b10-9+. The third kappa shape index (κ3) is 5.84. The number of rotatable bonds is 5. The first-order valence-electron chi connectivity index (χ1n) is 6.06. The lowest BCUT2D eigenvalue weighted by Gasteiger charge is -2.00. The van der Waals surface area contributed by atoms with E-state index in [0.29, 0.717) is 6.54 Å². The first-order valence-corrected chi connectivity index (χ1v) is 6.06. The summed E-state index contributed by atoms with van der Waals surface area (Å²) in [6.45, 7) is 2.72. The van der Waals surface area contributed by atoms with Crippen LogP contribution in [0.25, 0.3) is 6.08 Å². The van der Waals surface area contributed by atoms with Gasteiger partial charge < -0.3 is 5.73 Å². The lowest BCUT2D eigenvalue weighted by molar-refractivity contribution is -0.115. The summed E-state index contributed by atoms with van der Waals surface area (Å²) in [5.41, 5.74) is 6.54. The molecule has 0 heterocycles. The summed E-state index contributed by atoms with van der Waals surface area (Å²) in [7, 11) is 0. The molecule has 1 aromatic rings. The predicted octanol–water partition coefficient (Wildman–Crippen LogP) is 1.93. The van der Waals surface area contributed by atoms with Crippen molar-refractivity contribution in [1.82, 2.24) is 5.32 Å². The Morgan fingerprint density at radius 1 is 1.39 bits per heavy atom. The molecule has 96 valence electrons. The van der Waals surface area contributed by atoms with Crippen LogP contribution < -0.4 is 11.1 Å². The fourth-order valence-corrected chi connectivity index (χ4v) is 1.30. The zero-order valence-electron chi connectivity index (χ0n) is 10.6. The van der Waals surface area contributed by atoms with Crippen molar-refractivity contribution in [3.63, 3.8) is 0 Å². The van der Waals surface area contributed by atoms with E-state index >= 15 is 0 Å². The molecule has 0 aliphatic heterocycles. The maximum Gasteiger partial charge on any atom is 0.250 e. The van der Waals surface area contributed by atoms with Gasteiger partial charge in [-0.25, -0.2) is 0 Å². The second kappa shape index (κ2) is 8.06. The SMILES string of the molecule is CCCCN=C(N)NC(=O)/C=C/c1ccccc1. The number of benzene rings is 1. The zero-order chi connectivity index (χ0) is 13.2. The number of hydrogen-bond acceptors (Lipinski definition) is 2. The van der Waals surface area contributed by atoms with E-state index in [1.165, 1.54) is 6.08 Å². The van der Waals surface area contributed by atoms with Crippen molar-refractivity contribution >= 4 is 17.9 Å². The molecule has 0 aliphatic carbocycles. The molecule has 0 radical (unpaired) electrons. The maximum absolute atomic E-state index is 11.5. The molecule has 1 rings (SSSR count). The Morgan fingerprint density at radius 3 is 2.78 bits per heavy atom. The monoisotopic (exact) mass is 245 g/mol. The van der Waals surface area contributed by atoms with Crippen LogP contribution in [0.1, 0.15) is 25.3 Å². The summed E-state index contributed by atoms with van der Waals surface area (Å²) in [5.74, 6) is -0.0947. The topological polar surface area (TPSA) is 67.5 Å². The van der Waals surface area contributed by atoms with Gasteiger partial charge in [0, 0.05) is 12.6 Å². The first kappa shape index (κ1) is 14.0. The molecule has 1 amide bonds. The maximum atomic E-state index is 11.5. The number of aliphatic imine (C=N–C) groups is 1. The van der Waals surface area contributed by atoms with Crippen LogP contribution in [0.5, 0.6) is 0 Å². The summed E-state index contributed by atoms with van der Waals surface area (Å²) in [5, 5.41) is 2.51. The molecule has 0 aromatic heterocycles. The number of hydrogen-bond donors (Lipinski definition) is 2. The Kier molecular flexibility index (Phi) is 6.25. The van der Waals surface area contributed by atoms with Gasteiger partial charge in [0.25, 0.3) is 5.91 Å². The molecule has 0 saturated carbocycles. The van der Waals surface area contributed by atoms with Crippen molar-refractivity contribution in [3.8, 4) is 0 Å². The minimum absolute atomic E-state index is 0.172. The molecule has 1 aromatic carbocycles. The van der Waals surface area contributed by atoms with E-state index in [1.54, 1.807) is 6.08 Å². The molecule has 0 aliphatic rings. The van der Waals surface area contributed by atoms with Crippen molar-refractivity contribution < 1.29 is 4.79 Å². The van der Waals surface area contributed by atoms with E-state index in [1.807, 2.05) is 30.3 Å². The molecular formula is C14H19N3O. The van der Waals surface area contributed by atoms with Gasteiger partial charge >= 0.3 is 0 Å². The third-order valence-corrected chi connectivity index (χ3v) is 2.27. The highest BCUT2D eigenvalue weighted by Gasteiger charge is 1.97. The van der Waals surface area contributed by atoms with Gasteiger partial charge in [0.15, 0.2) is 5.96 Å². The highest BCUT2D eigenvalue weighted by molar-refractivity contribution is 6.03. The highest BCUT2D eigenvalue weighted by atomic mass is 16.1. The van der Waals surface area contributed by atoms with Crippen LogP contribution in [0, 0.1) is 0 Å². The van der Waals surface area contributed by atoms with Crippen LogP contribution in [-0.2, 0) is 4.79 Å². The third-order valence-electron chi connectivity index (χ3n) is 2.27. The van der Waals surface area contributed by atoms with Gasteiger partial charge in [-0.3, -0.25) is 15.1 Å². The average molecular weight is 245 g/mol. The lowest BCUT2D eigenvalue weighted by atomic mass is 10.2. The van der Waals surface area contributed by atoms with Crippen LogP contribution in [-0.4, -0.2) is 18.4 Å². The summed E-state index contributed by atoms with van der Waals surface area (Å²) in [4.78, 5) is 15.5. The van der Waals surface area contributed by atoms with E-state index in [-0.39, 0.29) is 11.9 Å². The Bertz CT molecular complexity index is 424. The molecular weight excluding hydrogens is 226 g/mol. The van der Waals surface area contributed by atoms with Crippen molar-refractivity contribution in [1.29, 1.82) is 0 Å². The Labute approximate surface area is 108 Å². The van der Waals surface area contributed by atoms with Crippen LogP contribution >= 0.6 is 0 Å². The fourth-order valence-electron chi connectivity index (χ4n) is 1.30. The Hall–Kier alpha value is -2.10. The number of carbonyl (C=O) groups excluding carboxylic acids is 1. The highest BCUT2D eigenvalue weighted by Crippen LogP contribution is 2.00. The number of carbonyl (C=O) groups is 1. The van der Waals surface area contributed by atoms with Crippen LogP contribution in [0.15, 0.2) is 41.4 Å². The minimum atomic E-state index is -0.267. The number of nitrogens with zero attached hydrogens (tertiary/aromatic N) is 1. The Morgan fingerprint density at radius 2 is 2.11 bits per heavy atom. The van der Waals surface area contributed by atoms with Crippen LogP contribution in [0.2, 0.25) is 0 Å². The van der Waals surface area contributed by atoms with E-state index < -0.39 is 0 Å². The second-order valence-corrected chi connectivity index (χ2v) is 3.85. The van der Waals surface area contributed by atoms with E-state index in [9.17, 15) is 4.79 Å². The molecule has 0 fully saturated rings. The first-order chi connectivity index (χ1) is 8.72. The number of amides is 1. The van der Waals surface area contributed by atoms with Crippen molar-refractivity contribution in [2.24, 2.45) is 10.7 Å². The largest absolute Gasteiger partial charge is 0.370 e.